The summed E-state index contributed by atoms with van der Waals surface area (Å²) >= 11 is 5.97. The lowest BCUT2D eigenvalue weighted by atomic mass is 10.1. The third-order valence-corrected chi connectivity index (χ3v) is 4.61. The number of halogens is 1. The summed E-state index contributed by atoms with van der Waals surface area (Å²) in [7, 11) is 0. The van der Waals surface area contributed by atoms with Crippen LogP contribution in [0, 0.1) is 0 Å². The van der Waals surface area contributed by atoms with Crippen molar-refractivity contribution in [1.29, 1.82) is 0 Å². The number of hydrogen-bond donors (Lipinski definition) is 1. The largest absolute Gasteiger partial charge is 0.506 e. The normalized spacial score (nSPS) is 19.0. The summed E-state index contributed by atoms with van der Waals surface area (Å²) in [6, 6.07) is 4.73. The van der Waals surface area contributed by atoms with Crippen LogP contribution in [0.1, 0.15) is 18.4 Å². The molecule has 2 fully saturated rings. The number of rotatable bonds is 3. The molecule has 0 radical (unpaired) electrons. The van der Waals surface area contributed by atoms with Gasteiger partial charge in [-0.05, 0) is 24.5 Å². The highest BCUT2D eigenvalue weighted by Crippen LogP contribution is 2.32. The highest BCUT2D eigenvalue weighted by molar-refractivity contribution is 6.32. The first-order valence-electron chi connectivity index (χ1n) is 7.48. The summed E-state index contributed by atoms with van der Waals surface area (Å²) in [4.78, 5) is 27.7. The number of phenols is 1. The maximum absolute atomic E-state index is 12.0. The van der Waals surface area contributed by atoms with Gasteiger partial charge in [0.1, 0.15) is 11.3 Å². The lowest BCUT2D eigenvalue weighted by Gasteiger charge is -2.18. The first-order valence-corrected chi connectivity index (χ1v) is 7.86. The molecule has 6 nitrogen and oxygen atoms in total. The number of fused-ring (bicyclic) bond motifs is 1. The molecule has 2 heterocycles. The predicted molar refractivity (Wildman–Crippen MR) is 84.3 cm³/mol. The smallest absolute Gasteiger partial charge is 0.336 e. The van der Waals surface area contributed by atoms with E-state index >= 15 is 0 Å². The molecule has 7 heteroatoms. The number of carbonyl (C=O) groups excluding carboxylic acids is 1. The van der Waals surface area contributed by atoms with Crippen molar-refractivity contribution in [3.8, 4) is 5.75 Å². The standard InChI is InChI=1S/C16H15ClN2O4/c17-12-4-11-9(3-16(22)23-14(11)5-13(12)20)6-18-7-15(21)19(8-18)10-1-2-10/h3-5,10,20H,1-2,6-8H2. The summed E-state index contributed by atoms with van der Waals surface area (Å²) in [5, 5.41) is 10.5. The third-order valence-electron chi connectivity index (χ3n) is 4.31. The first kappa shape index (κ1) is 14.5. The van der Waals surface area contributed by atoms with Gasteiger partial charge in [-0.3, -0.25) is 9.69 Å². The molecule has 23 heavy (non-hydrogen) atoms. The van der Waals surface area contributed by atoms with Gasteiger partial charge in [0.05, 0.1) is 18.2 Å². The summed E-state index contributed by atoms with van der Waals surface area (Å²) in [5.74, 6) is 0.00572. The molecule has 120 valence electrons. The molecular weight excluding hydrogens is 320 g/mol. The Bertz CT molecular complexity index is 859. The minimum Gasteiger partial charge on any atom is -0.506 e. The lowest BCUT2D eigenvalue weighted by molar-refractivity contribution is -0.127. The van der Waals surface area contributed by atoms with E-state index in [0.717, 1.165) is 18.4 Å². The Morgan fingerprint density at radius 2 is 2.04 bits per heavy atom. The fourth-order valence-corrected chi connectivity index (χ4v) is 3.21. The van der Waals surface area contributed by atoms with E-state index in [1.807, 2.05) is 9.80 Å². The third kappa shape index (κ3) is 2.68. The molecule has 0 spiro atoms. The average molecular weight is 335 g/mol. The van der Waals surface area contributed by atoms with Crippen LogP contribution in [0.3, 0.4) is 0 Å². The van der Waals surface area contributed by atoms with Gasteiger partial charge >= 0.3 is 5.63 Å². The van der Waals surface area contributed by atoms with Crippen LogP contribution in [0.4, 0.5) is 0 Å². The van der Waals surface area contributed by atoms with Gasteiger partial charge in [0.2, 0.25) is 5.91 Å². The summed E-state index contributed by atoms with van der Waals surface area (Å²) in [6.45, 7) is 1.39. The van der Waals surface area contributed by atoms with E-state index in [2.05, 4.69) is 0 Å². The molecule has 1 saturated heterocycles. The topological polar surface area (TPSA) is 74.0 Å². The molecule has 1 aliphatic heterocycles. The molecule has 1 saturated carbocycles. The van der Waals surface area contributed by atoms with Crippen molar-refractivity contribution in [2.45, 2.75) is 25.4 Å². The van der Waals surface area contributed by atoms with E-state index in [1.165, 1.54) is 12.1 Å². The van der Waals surface area contributed by atoms with Crippen LogP contribution in [0.5, 0.6) is 5.75 Å². The fourth-order valence-electron chi connectivity index (χ4n) is 3.05. The van der Waals surface area contributed by atoms with Gasteiger partial charge in [-0.1, -0.05) is 11.6 Å². The Morgan fingerprint density at radius 1 is 1.26 bits per heavy atom. The second kappa shape index (κ2) is 5.25. The van der Waals surface area contributed by atoms with Crippen molar-refractivity contribution in [3.63, 3.8) is 0 Å². The number of nitrogens with zero attached hydrogens (tertiary/aromatic N) is 2. The van der Waals surface area contributed by atoms with Crippen molar-refractivity contribution >= 4 is 28.5 Å². The Morgan fingerprint density at radius 3 is 2.78 bits per heavy atom. The van der Waals surface area contributed by atoms with Gasteiger partial charge in [-0.15, -0.1) is 0 Å². The van der Waals surface area contributed by atoms with Gasteiger partial charge in [0, 0.05) is 30.1 Å². The zero-order chi connectivity index (χ0) is 16.1. The van der Waals surface area contributed by atoms with Crippen LogP contribution in [0.15, 0.2) is 27.4 Å². The number of carbonyl (C=O) groups is 1. The molecule has 1 N–H and O–H groups in total. The molecule has 2 aliphatic rings. The number of amides is 1. The van der Waals surface area contributed by atoms with Crippen molar-refractivity contribution in [1.82, 2.24) is 9.80 Å². The molecule has 0 unspecified atom stereocenters. The number of aromatic hydroxyl groups is 1. The van der Waals surface area contributed by atoms with Crippen LogP contribution in [0.25, 0.3) is 11.0 Å². The highest BCUT2D eigenvalue weighted by Gasteiger charge is 2.38. The van der Waals surface area contributed by atoms with Crippen LogP contribution in [0.2, 0.25) is 5.02 Å². The zero-order valence-electron chi connectivity index (χ0n) is 12.3. The number of phenolic OH excluding ortho intramolecular Hbond substituents is 1. The zero-order valence-corrected chi connectivity index (χ0v) is 13.0. The van der Waals surface area contributed by atoms with E-state index in [1.54, 1.807) is 6.07 Å². The minimum absolute atomic E-state index is 0.129. The Hall–Kier alpha value is -2.05. The predicted octanol–water partition coefficient (Wildman–Crippen LogP) is 1.92. The molecule has 0 atom stereocenters. The SMILES string of the molecule is O=C1CN(Cc2cc(=O)oc3cc(O)c(Cl)cc23)CN1C1CC1. The van der Waals surface area contributed by atoms with E-state index in [0.29, 0.717) is 36.8 Å². The number of hydrogen-bond acceptors (Lipinski definition) is 5. The maximum Gasteiger partial charge on any atom is 0.336 e. The minimum atomic E-state index is -0.487. The van der Waals surface area contributed by atoms with Crippen molar-refractivity contribution in [2.24, 2.45) is 0 Å². The average Bonchev–Trinajstić information content (AvgIpc) is 3.25. The van der Waals surface area contributed by atoms with Crippen LogP contribution < -0.4 is 5.63 Å². The van der Waals surface area contributed by atoms with Crippen molar-refractivity contribution in [2.75, 3.05) is 13.2 Å². The first-order chi connectivity index (χ1) is 11.0. The monoisotopic (exact) mass is 334 g/mol. The Balaban J connectivity index is 1.67. The fraction of sp³-hybridized carbons (Fsp3) is 0.375. The molecule has 4 rings (SSSR count). The summed E-state index contributed by atoms with van der Waals surface area (Å²) < 4.78 is 5.12. The number of benzene rings is 1. The quantitative estimate of drug-likeness (QED) is 0.868. The van der Waals surface area contributed by atoms with Crippen molar-refractivity contribution < 1.29 is 14.3 Å². The summed E-state index contributed by atoms with van der Waals surface area (Å²) in [6.07, 6.45) is 2.15. The van der Waals surface area contributed by atoms with Crippen LogP contribution in [-0.2, 0) is 11.3 Å². The Labute approximate surface area is 136 Å². The van der Waals surface area contributed by atoms with Gasteiger partial charge in [0.25, 0.3) is 0 Å². The molecule has 1 amide bonds. The van der Waals surface area contributed by atoms with Gasteiger partial charge in [0.15, 0.2) is 0 Å². The molecule has 0 bridgehead atoms. The van der Waals surface area contributed by atoms with Crippen LogP contribution >= 0.6 is 11.6 Å². The summed E-state index contributed by atoms with van der Waals surface area (Å²) in [5.41, 5.74) is 0.543. The Kier molecular flexibility index (Phi) is 3.32. The molecule has 1 aromatic heterocycles. The van der Waals surface area contributed by atoms with Crippen LogP contribution in [-0.4, -0.2) is 40.1 Å². The van der Waals surface area contributed by atoms with E-state index in [9.17, 15) is 14.7 Å². The second-order valence-electron chi connectivity index (χ2n) is 6.11. The van der Waals surface area contributed by atoms with Gasteiger partial charge < -0.3 is 14.4 Å². The highest BCUT2D eigenvalue weighted by atomic mass is 35.5. The van der Waals surface area contributed by atoms with Gasteiger partial charge in [-0.25, -0.2) is 4.79 Å². The molecular formula is C16H15ClN2O4. The van der Waals surface area contributed by atoms with Gasteiger partial charge in [-0.2, -0.15) is 0 Å². The van der Waals surface area contributed by atoms with E-state index < -0.39 is 5.63 Å². The molecule has 1 aliphatic carbocycles. The van der Waals surface area contributed by atoms with Crippen molar-refractivity contribution in [3.05, 3.63) is 39.2 Å². The molecule has 1 aromatic carbocycles. The second-order valence-corrected chi connectivity index (χ2v) is 6.52. The van der Waals surface area contributed by atoms with E-state index in [4.69, 9.17) is 16.0 Å². The molecule has 2 aromatic rings. The maximum atomic E-state index is 12.0. The lowest BCUT2D eigenvalue weighted by Crippen LogP contribution is -2.29. The van der Waals surface area contributed by atoms with E-state index in [-0.39, 0.29) is 16.7 Å².